The molecular formula is C22H24BrN3O2. The number of aryl methyl sites for hydroxylation is 1. The first kappa shape index (κ1) is 19.2. The van der Waals surface area contributed by atoms with Crippen molar-refractivity contribution in [3.63, 3.8) is 0 Å². The van der Waals surface area contributed by atoms with Crippen molar-refractivity contribution >= 4 is 33.9 Å². The van der Waals surface area contributed by atoms with Crippen LogP contribution < -0.4 is 5.32 Å². The Morgan fingerprint density at radius 2 is 2.04 bits per heavy atom. The fourth-order valence-electron chi connectivity index (χ4n) is 3.88. The zero-order chi connectivity index (χ0) is 19.7. The lowest BCUT2D eigenvalue weighted by Crippen LogP contribution is -2.33. The van der Waals surface area contributed by atoms with E-state index in [0.29, 0.717) is 12.0 Å². The minimum Gasteiger partial charge on any atom is -0.390 e. The molecule has 4 rings (SSSR count). The standard InChI is InChI=1S/C22H24BrN3O2/c1-14-10-16(5-7-19(14)23)22(28)25-21-18-12-17(6-4-15(18)11-20(21)27)24-13-26-8-2-3-9-26/h4-7,10,12-13,20-21,27H,2-3,8-9,11H2,1H3,(H,25,28)/t20-,21?/m0/s1. The van der Waals surface area contributed by atoms with Crippen LogP contribution in [0.3, 0.4) is 0 Å². The molecule has 28 heavy (non-hydrogen) atoms. The number of halogens is 1. The normalized spacial score (nSPS) is 21.3. The number of aliphatic imine (C=N–C) groups is 1. The molecule has 0 spiro atoms. The highest BCUT2D eigenvalue weighted by atomic mass is 79.9. The van der Waals surface area contributed by atoms with Crippen molar-refractivity contribution in [3.8, 4) is 0 Å². The number of benzene rings is 2. The van der Waals surface area contributed by atoms with Crippen LogP contribution in [0.2, 0.25) is 0 Å². The SMILES string of the molecule is Cc1cc(C(=O)NC2c3cc(N=CN4CCCC4)ccc3C[C@@H]2O)ccc1Br. The highest BCUT2D eigenvalue weighted by Crippen LogP contribution is 2.34. The van der Waals surface area contributed by atoms with Crippen molar-refractivity contribution in [1.29, 1.82) is 0 Å². The molecule has 2 N–H and O–H groups in total. The van der Waals surface area contributed by atoms with E-state index in [9.17, 15) is 9.90 Å². The number of carbonyl (C=O) groups excluding carboxylic acids is 1. The summed E-state index contributed by atoms with van der Waals surface area (Å²) in [4.78, 5) is 19.5. The van der Waals surface area contributed by atoms with E-state index in [4.69, 9.17) is 0 Å². The Morgan fingerprint density at radius 3 is 2.79 bits per heavy atom. The Hall–Kier alpha value is -2.18. The molecule has 2 aromatic rings. The minimum atomic E-state index is -0.631. The number of aliphatic hydroxyl groups excluding tert-OH is 1. The van der Waals surface area contributed by atoms with Crippen LogP contribution in [0, 0.1) is 6.92 Å². The van der Waals surface area contributed by atoms with Gasteiger partial charge in [0.1, 0.15) is 0 Å². The molecule has 146 valence electrons. The fraction of sp³-hybridized carbons (Fsp3) is 0.364. The smallest absolute Gasteiger partial charge is 0.251 e. The molecule has 1 aliphatic heterocycles. The lowest BCUT2D eigenvalue weighted by Gasteiger charge is -2.18. The molecule has 1 fully saturated rings. The summed E-state index contributed by atoms with van der Waals surface area (Å²) in [6.45, 7) is 4.06. The second kappa shape index (κ2) is 8.05. The molecular weight excluding hydrogens is 418 g/mol. The van der Waals surface area contributed by atoms with Crippen molar-refractivity contribution < 1.29 is 9.90 Å². The number of likely N-dealkylation sites (tertiary alicyclic amines) is 1. The number of hydrogen-bond donors (Lipinski definition) is 2. The van der Waals surface area contributed by atoms with Gasteiger partial charge in [-0.05, 0) is 66.8 Å². The Kier molecular flexibility index (Phi) is 5.51. The summed E-state index contributed by atoms with van der Waals surface area (Å²) in [5.41, 5.74) is 4.44. The average Bonchev–Trinajstić information content (AvgIpc) is 3.30. The minimum absolute atomic E-state index is 0.182. The predicted molar refractivity (Wildman–Crippen MR) is 114 cm³/mol. The number of fused-ring (bicyclic) bond motifs is 1. The van der Waals surface area contributed by atoms with Gasteiger partial charge >= 0.3 is 0 Å². The Balaban J connectivity index is 1.53. The van der Waals surface area contributed by atoms with E-state index in [1.807, 2.05) is 43.6 Å². The number of aliphatic hydroxyl groups is 1. The van der Waals surface area contributed by atoms with Gasteiger partial charge in [-0.25, -0.2) is 4.99 Å². The predicted octanol–water partition coefficient (Wildman–Crippen LogP) is 3.90. The first-order chi connectivity index (χ1) is 13.5. The summed E-state index contributed by atoms with van der Waals surface area (Å²) >= 11 is 3.46. The van der Waals surface area contributed by atoms with Crippen LogP contribution in [0.25, 0.3) is 0 Å². The van der Waals surface area contributed by atoms with Gasteiger partial charge in [-0.15, -0.1) is 0 Å². The average molecular weight is 442 g/mol. The van der Waals surface area contributed by atoms with Gasteiger partial charge in [0.25, 0.3) is 5.91 Å². The fourth-order valence-corrected chi connectivity index (χ4v) is 4.12. The second-order valence-corrected chi connectivity index (χ2v) is 8.41. The topological polar surface area (TPSA) is 64.9 Å². The summed E-state index contributed by atoms with van der Waals surface area (Å²) in [7, 11) is 0. The van der Waals surface area contributed by atoms with E-state index in [0.717, 1.165) is 39.9 Å². The first-order valence-corrected chi connectivity index (χ1v) is 10.5. The van der Waals surface area contributed by atoms with Gasteiger partial charge in [-0.1, -0.05) is 22.0 Å². The van der Waals surface area contributed by atoms with Crippen molar-refractivity contribution in [1.82, 2.24) is 10.2 Å². The molecule has 5 nitrogen and oxygen atoms in total. The first-order valence-electron chi connectivity index (χ1n) is 9.67. The van der Waals surface area contributed by atoms with Crippen LogP contribution in [0.15, 0.2) is 45.9 Å². The number of nitrogens with one attached hydrogen (secondary N) is 1. The Bertz CT molecular complexity index is 922. The molecule has 6 heteroatoms. The van der Waals surface area contributed by atoms with Gasteiger partial charge in [0.2, 0.25) is 0 Å². The molecule has 0 saturated carbocycles. The molecule has 1 heterocycles. The number of hydrogen-bond acceptors (Lipinski definition) is 3. The van der Waals surface area contributed by atoms with E-state index in [1.54, 1.807) is 6.07 Å². The molecule has 0 bridgehead atoms. The lowest BCUT2D eigenvalue weighted by molar-refractivity contribution is 0.0858. The lowest BCUT2D eigenvalue weighted by atomic mass is 10.1. The van der Waals surface area contributed by atoms with Crippen LogP contribution in [-0.2, 0) is 6.42 Å². The summed E-state index contributed by atoms with van der Waals surface area (Å²) in [6, 6.07) is 11.0. The van der Waals surface area contributed by atoms with E-state index in [1.165, 1.54) is 12.8 Å². The van der Waals surface area contributed by atoms with Gasteiger partial charge in [0, 0.05) is 29.5 Å². The van der Waals surface area contributed by atoms with E-state index in [-0.39, 0.29) is 5.91 Å². The van der Waals surface area contributed by atoms with Gasteiger partial charge < -0.3 is 15.3 Å². The summed E-state index contributed by atoms with van der Waals surface area (Å²) in [5.74, 6) is -0.182. The quantitative estimate of drug-likeness (QED) is 0.558. The monoisotopic (exact) mass is 441 g/mol. The van der Waals surface area contributed by atoms with Gasteiger partial charge in [0.15, 0.2) is 0 Å². The van der Waals surface area contributed by atoms with Crippen LogP contribution in [0.5, 0.6) is 0 Å². The third-order valence-electron chi connectivity index (χ3n) is 5.50. The Morgan fingerprint density at radius 1 is 1.25 bits per heavy atom. The van der Waals surface area contributed by atoms with Crippen LogP contribution in [0.1, 0.15) is 45.9 Å². The largest absolute Gasteiger partial charge is 0.390 e. The maximum atomic E-state index is 12.7. The molecule has 2 aliphatic rings. The maximum Gasteiger partial charge on any atom is 0.251 e. The third-order valence-corrected chi connectivity index (χ3v) is 6.39. The summed E-state index contributed by atoms with van der Waals surface area (Å²) in [6.07, 6.45) is 4.24. The molecule has 2 aromatic carbocycles. The van der Waals surface area contributed by atoms with Crippen molar-refractivity contribution in [2.45, 2.75) is 38.3 Å². The molecule has 1 aliphatic carbocycles. The second-order valence-electron chi connectivity index (χ2n) is 7.56. The van der Waals surface area contributed by atoms with E-state index < -0.39 is 12.1 Å². The summed E-state index contributed by atoms with van der Waals surface area (Å²) in [5, 5.41) is 13.5. The molecule has 1 unspecified atom stereocenters. The zero-order valence-corrected chi connectivity index (χ0v) is 17.4. The van der Waals surface area contributed by atoms with Crippen molar-refractivity contribution in [2.75, 3.05) is 13.1 Å². The Labute approximate surface area is 173 Å². The number of carbonyl (C=O) groups is 1. The van der Waals surface area contributed by atoms with E-state index >= 15 is 0 Å². The number of rotatable bonds is 4. The van der Waals surface area contributed by atoms with Gasteiger partial charge in [-0.2, -0.15) is 0 Å². The molecule has 2 atom stereocenters. The van der Waals surface area contributed by atoms with E-state index in [2.05, 4.69) is 31.1 Å². The summed E-state index contributed by atoms with van der Waals surface area (Å²) < 4.78 is 0.968. The molecule has 0 radical (unpaired) electrons. The molecule has 1 amide bonds. The van der Waals surface area contributed by atoms with Crippen LogP contribution >= 0.6 is 15.9 Å². The number of nitrogens with zero attached hydrogens (tertiary/aromatic N) is 2. The van der Waals surface area contributed by atoms with Crippen LogP contribution in [-0.4, -0.2) is 41.4 Å². The highest BCUT2D eigenvalue weighted by Gasteiger charge is 2.32. The van der Waals surface area contributed by atoms with Crippen molar-refractivity contribution in [2.24, 2.45) is 4.99 Å². The third kappa shape index (κ3) is 3.98. The van der Waals surface area contributed by atoms with Crippen molar-refractivity contribution in [3.05, 3.63) is 63.1 Å². The highest BCUT2D eigenvalue weighted by molar-refractivity contribution is 9.10. The van der Waals surface area contributed by atoms with Gasteiger partial charge in [0.05, 0.1) is 24.2 Å². The zero-order valence-electron chi connectivity index (χ0n) is 15.9. The molecule has 1 saturated heterocycles. The molecule has 0 aromatic heterocycles. The maximum absolute atomic E-state index is 12.7. The van der Waals surface area contributed by atoms with Crippen LogP contribution in [0.4, 0.5) is 5.69 Å². The van der Waals surface area contributed by atoms with Gasteiger partial charge in [-0.3, -0.25) is 4.79 Å². The number of amides is 1.